The fraction of sp³-hybridized carbons (Fsp3) is 0.692. The standard InChI is InChI=1S/C13H21N3O2/c1-2-10-7-13(18)15-12(14-10)8-16-6-4-3-5-11(16)9-17/h7,11,17H,2-6,8-9H2,1H3,(H,14,15,18). The zero-order valence-electron chi connectivity index (χ0n) is 10.9. The van der Waals surface area contributed by atoms with Crippen LogP contribution in [0.5, 0.6) is 0 Å². The average Bonchev–Trinajstić information content (AvgIpc) is 2.38. The molecule has 0 spiro atoms. The topological polar surface area (TPSA) is 69.2 Å². The molecule has 5 heteroatoms. The predicted octanol–water partition coefficient (Wildman–Crippen LogP) is 0.679. The Morgan fingerprint density at radius 2 is 2.39 bits per heavy atom. The maximum atomic E-state index is 11.5. The number of nitrogens with zero attached hydrogens (tertiary/aromatic N) is 2. The van der Waals surface area contributed by atoms with Gasteiger partial charge in [-0.15, -0.1) is 0 Å². The van der Waals surface area contributed by atoms with Gasteiger partial charge in [0.15, 0.2) is 0 Å². The minimum atomic E-state index is -0.0885. The van der Waals surface area contributed by atoms with Crippen LogP contribution in [0.1, 0.15) is 37.7 Å². The van der Waals surface area contributed by atoms with Gasteiger partial charge in [-0.3, -0.25) is 9.69 Å². The van der Waals surface area contributed by atoms with Gasteiger partial charge in [0.1, 0.15) is 5.82 Å². The highest BCUT2D eigenvalue weighted by atomic mass is 16.3. The molecular weight excluding hydrogens is 230 g/mol. The summed E-state index contributed by atoms with van der Waals surface area (Å²) in [6, 6.07) is 1.75. The number of aliphatic hydroxyl groups excluding tert-OH is 1. The zero-order valence-corrected chi connectivity index (χ0v) is 10.9. The van der Waals surface area contributed by atoms with Gasteiger partial charge in [-0.2, -0.15) is 0 Å². The van der Waals surface area contributed by atoms with Crippen molar-refractivity contribution in [3.63, 3.8) is 0 Å². The SMILES string of the molecule is CCc1cc(=O)[nH]c(CN2CCCCC2CO)n1. The first-order chi connectivity index (χ1) is 8.72. The minimum Gasteiger partial charge on any atom is -0.395 e. The number of nitrogens with one attached hydrogen (secondary N) is 1. The third-order valence-electron chi connectivity index (χ3n) is 3.52. The van der Waals surface area contributed by atoms with Gasteiger partial charge in [-0.05, 0) is 25.8 Å². The first-order valence-electron chi connectivity index (χ1n) is 6.67. The van der Waals surface area contributed by atoms with Crippen molar-refractivity contribution in [1.29, 1.82) is 0 Å². The van der Waals surface area contributed by atoms with E-state index in [1.54, 1.807) is 6.07 Å². The van der Waals surface area contributed by atoms with Crippen LogP contribution in [0.25, 0.3) is 0 Å². The van der Waals surface area contributed by atoms with Crippen LogP contribution in [-0.4, -0.2) is 39.2 Å². The van der Waals surface area contributed by atoms with Gasteiger partial charge >= 0.3 is 0 Å². The second-order valence-corrected chi connectivity index (χ2v) is 4.84. The number of aromatic amines is 1. The summed E-state index contributed by atoms with van der Waals surface area (Å²) in [5.41, 5.74) is 0.737. The number of hydrogen-bond acceptors (Lipinski definition) is 4. The summed E-state index contributed by atoms with van der Waals surface area (Å²) in [6.45, 7) is 3.75. The van der Waals surface area contributed by atoms with Crippen molar-refractivity contribution < 1.29 is 5.11 Å². The lowest BCUT2D eigenvalue weighted by Gasteiger charge is -2.34. The van der Waals surface area contributed by atoms with Crippen LogP contribution in [0.3, 0.4) is 0 Å². The molecule has 1 aliphatic rings. The quantitative estimate of drug-likeness (QED) is 0.825. The van der Waals surface area contributed by atoms with Crippen LogP contribution in [0, 0.1) is 0 Å². The van der Waals surface area contributed by atoms with E-state index in [1.165, 1.54) is 6.42 Å². The Bertz CT molecular complexity index is 444. The van der Waals surface area contributed by atoms with Crippen LogP contribution in [0.2, 0.25) is 0 Å². The number of H-pyrrole nitrogens is 1. The molecule has 0 radical (unpaired) electrons. The van der Waals surface area contributed by atoms with Crippen molar-refractivity contribution in [3.8, 4) is 0 Å². The number of piperidine rings is 1. The fourth-order valence-electron chi connectivity index (χ4n) is 2.49. The summed E-state index contributed by atoms with van der Waals surface area (Å²) in [5, 5.41) is 9.36. The van der Waals surface area contributed by atoms with Gasteiger partial charge in [0.25, 0.3) is 5.56 Å². The van der Waals surface area contributed by atoms with Crippen LogP contribution >= 0.6 is 0 Å². The smallest absolute Gasteiger partial charge is 0.251 e. The molecule has 100 valence electrons. The van der Waals surface area contributed by atoms with Gasteiger partial charge in [0.05, 0.1) is 13.2 Å². The Morgan fingerprint density at radius 1 is 1.56 bits per heavy atom. The van der Waals surface area contributed by atoms with E-state index < -0.39 is 0 Å². The van der Waals surface area contributed by atoms with Crippen molar-refractivity contribution >= 4 is 0 Å². The van der Waals surface area contributed by atoms with Gasteiger partial charge in [-0.25, -0.2) is 4.98 Å². The third-order valence-corrected chi connectivity index (χ3v) is 3.52. The molecule has 0 aliphatic carbocycles. The van der Waals surface area contributed by atoms with Crippen LogP contribution < -0.4 is 5.56 Å². The largest absolute Gasteiger partial charge is 0.395 e. The summed E-state index contributed by atoms with van der Waals surface area (Å²) in [5.74, 6) is 0.708. The second-order valence-electron chi connectivity index (χ2n) is 4.84. The number of likely N-dealkylation sites (tertiary alicyclic amines) is 1. The van der Waals surface area contributed by atoms with Crippen LogP contribution in [0.15, 0.2) is 10.9 Å². The van der Waals surface area contributed by atoms with Crippen LogP contribution in [-0.2, 0) is 13.0 Å². The number of rotatable bonds is 4. The monoisotopic (exact) mass is 251 g/mol. The molecule has 1 fully saturated rings. The number of aromatic nitrogens is 2. The molecule has 0 saturated carbocycles. The number of aliphatic hydroxyl groups is 1. The van der Waals surface area contributed by atoms with E-state index in [4.69, 9.17) is 0 Å². The van der Waals surface area contributed by atoms with Gasteiger partial charge in [0.2, 0.25) is 0 Å². The minimum absolute atomic E-state index is 0.0885. The molecule has 1 atom stereocenters. The Morgan fingerprint density at radius 3 is 3.11 bits per heavy atom. The Labute approximate surface area is 107 Å². The first-order valence-corrected chi connectivity index (χ1v) is 6.67. The molecule has 1 aromatic heterocycles. The van der Waals surface area contributed by atoms with Gasteiger partial charge in [0, 0.05) is 17.8 Å². The van der Waals surface area contributed by atoms with E-state index in [2.05, 4.69) is 14.9 Å². The zero-order chi connectivity index (χ0) is 13.0. The molecule has 0 bridgehead atoms. The molecule has 2 N–H and O–H groups in total. The summed E-state index contributed by atoms with van der Waals surface area (Å²) in [6.07, 6.45) is 4.10. The third kappa shape index (κ3) is 3.17. The Kier molecular flexibility index (Phi) is 4.49. The van der Waals surface area contributed by atoms with Crippen molar-refractivity contribution in [2.45, 2.75) is 45.2 Å². The second kappa shape index (κ2) is 6.11. The maximum Gasteiger partial charge on any atom is 0.251 e. The Hall–Kier alpha value is -1.20. The molecule has 1 unspecified atom stereocenters. The highest BCUT2D eigenvalue weighted by Crippen LogP contribution is 2.17. The van der Waals surface area contributed by atoms with E-state index in [1.807, 2.05) is 6.92 Å². The van der Waals surface area contributed by atoms with Crippen molar-refractivity contribution in [1.82, 2.24) is 14.9 Å². The summed E-state index contributed by atoms with van der Waals surface area (Å²) >= 11 is 0. The van der Waals surface area contributed by atoms with E-state index in [-0.39, 0.29) is 18.2 Å². The van der Waals surface area contributed by atoms with Gasteiger partial charge in [-0.1, -0.05) is 13.3 Å². The molecule has 2 heterocycles. The predicted molar refractivity (Wildman–Crippen MR) is 69.4 cm³/mol. The Balaban J connectivity index is 2.12. The highest BCUT2D eigenvalue weighted by Gasteiger charge is 2.22. The molecule has 1 aromatic rings. The maximum absolute atomic E-state index is 11.5. The number of hydrogen-bond donors (Lipinski definition) is 2. The molecule has 1 aliphatic heterocycles. The molecule has 1 saturated heterocycles. The van der Waals surface area contributed by atoms with E-state index in [0.29, 0.717) is 12.4 Å². The molecule has 0 aromatic carbocycles. The van der Waals surface area contributed by atoms with Crippen molar-refractivity contribution in [2.24, 2.45) is 0 Å². The molecular formula is C13H21N3O2. The summed E-state index contributed by atoms with van der Waals surface area (Å²) < 4.78 is 0. The number of aryl methyl sites for hydroxylation is 1. The van der Waals surface area contributed by atoms with Gasteiger partial charge < -0.3 is 10.1 Å². The molecule has 5 nitrogen and oxygen atoms in total. The van der Waals surface area contributed by atoms with Crippen molar-refractivity contribution in [2.75, 3.05) is 13.2 Å². The highest BCUT2D eigenvalue weighted by molar-refractivity contribution is 5.02. The lowest BCUT2D eigenvalue weighted by Crippen LogP contribution is -2.41. The first kappa shape index (κ1) is 13.2. The summed E-state index contributed by atoms with van der Waals surface area (Å²) in [7, 11) is 0. The molecule has 0 amide bonds. The molecule has 2 rings (SSSR count). The van der Waals surface area contributed by atoms with E-state index in [9.17, 15) is 9.90 Å². The van der Waals surface area contributed by atoms with E-state index in [0.717, 1.165) is 31.5 Å². The average molecular weight is 251 g/mol. The van der Waals surface area contributed by atoms with Crippen LogP contribution in [0.4, 0.5) is 0 Å². The summed E-state index contributed by atoms with van der Waals surface area (Å²) in [4.78, 5) is 20.9. The lowest BCUT2D eigenvalue weighted by atomic mass is 10.0. The van der Waals surface area contributed by atoms with Crippen molar-refractivity contribution in [3.05, 3.63) is 27.9 Å². The fourth-order valence-corrected chi connectivity index (χ4v) is 2.49. The molecule has 18 heavy (non-hydrogen) atoms. The van der Waals surface area contributed by atoms with E-state index >= 15 is 0 Å². The lowest BCUT2D eigenvalue weighted by molar-refractivity contribution is 0.0818. The normalized spacial score (nSPS) is 21.1.